The molecule has 3 nitrogen and oxygen atoms in total. The Morgan fingerprint density at radius 2 is 1.90 bits per heavy atom. The van der Waals surface area contributed by atoms with Crippen molar-refractivity contribution in [2.75, 3.05) is 31.1 Å². The van der Waals surface area contributed by atoms with Crippen molar-refractivity contribution in [1.82, 2.24) is 9.88 Å². The second-order valence-corrected chi connectivity index (χ2v) is 6.51. The number of aromatic nitrogens is 1. The van der Waals surface area contributed by atoms with Crippen LogP contribution < -0.4 is 4.90 Å². The molecule has 1 unspecified atom stereocenters. The molecule has 0 spiro atoms. The summed E-state index contributed by atoms with van der Waals surface area (Å²) in [7, 11) is 0. The number of hydrogen-bond donors (Lipinski definition) is 0. The van der Waals surface area contributed by atoms with Crippen molar-refractivity contribution in [3.63, 3.8) is 0 Å². The molecule has 1 aromatic heterocycles. The summed E-state index contributed by atoms with van der Waals surface area (Å²) < 4.78 is 0. The average Bonchev–Trinajstić information content (AvgIpc) is 2.57. The van der Waals surface area contributed by atoms with E-state index in [1.165, 1.54) is 82.5 Å². The molecular formula is C18H29N3. The summed E-state index contributed by atoms with van der Waals surface area (Å²) >= 11 is 0. The van der Waals surface area contributed by atoms with Gasteiger partial charge in [-0.25, -0.2) is 4.98 Å². The summed E-state index contributed by atoms with van der Waals surface area (Å²) in [6.45, 7) is 7.14. The van der Waals surface area contributed by atoms with Gasteiger partial charge in [-0.05, 0) is 57.7 Å². The third-order valence-electron chi connectivity index (χ3n) is 4.96. The monoisotopic (exact) mass is 287 g/mol. The van der Waals surface area contributed by atoms with Crippen LogP contribution in [-0.2, 0) is 0 Å². The predicted molar refractivity (Wildman–Crippen MR) is 88.8 cm³/mol. The van der Waals surface area contributed by atoms with E-state index in [9.17, 15) is 0 Å². The van der Waals surface area contributed by atoms with E-state index in [2.05, 4.69) is 28.9 Å². The molecule has 3 heteroatoms. The lowest BCUT2D eigenvalue weighted by Crippen LogP contribution is -2.37. The lowest BCUT2D eigenvalue weighted by Gasteiger charge is -2.38. The zero-order chi connectivity index (χ0) is 14.5. The first-order chi connectivity index (χ1) is 10.4. The Bertz CT molecular complexity index is 438. The van der Waals surface area contributed by atoms with E-state index >= 15 is 0 Å². The zero-order valence-corrected chi connectivity index (χ0v) is 13.4. The molecule has 0 amide bonds. The third kappa shape index (κ3) is 3.39. The average molecular weight is 287 g/mol. The quantitative estimate of drug-likeness (QED) is 0.834. The second kappa shape index (κ2) is 7.26. The van der Waals surface area contributed by atoms with E-state index in [4.69, 9.17) is 4.98 Å². The third-order valence-corrected chi connectivity index (χ3v) is 4.96. The van der Waals surface area contributed by atoms with Crippen LogP contribution >= 0.6 is 0 Å². The van der Waals surface area contributed by atoms with Crippen molar-refractivity contribution in [3.8, 4) is 0 Å². The SMILES string of the molecule is CCCN1CCCCC1c1cccnc1N1CCCCC1. The van der Waals surface area contributed by atoms with Crippen LogP contribution in [-0.4, -0.2) is 36.1 Å². The lowest BCUT2D eigenvalue weighted by atomic mass is 9.94. The number of nitrogens with zero attached hydrogens (tertiary/aromatic N) is 3. The molecule has 0 saturated carbocycles. The van der Waals surface area contributed by atoms with Crippen molar-refractivity contribution in [3.05, 3.63) is 23.9 Å². The van der Waals surface area contributed by atoms with Crippen LogP contribution in [0.25, 0.3) is 0 Å². The summed E-state index contributed by atoms with van der Waals surface area (Å²) in [5.74, 6) is 1.27. The summed E-state index contributed by atoms with van der Waals surface area (Å²) in [6.07, 6.45) is 11.3. The number of piperidine rings is 2. The smallest absolute Gasteiger partial charge is 0.133 e. The van der Waals surface area contributed by atoms with E-state index in [-0.39, 0.29) is 0 Å². The van der Waals surface area contributed by atoms with E-state index in [0.717, 1.165) is 0 Å². The molecule has 3 rings (SSSR count). The van der Waals surface area contributed by atoms with Gasteiger partial charge in [-0.3, -0.25) is 4.90 Å². The van der Waals surface area contributed by atoms with Crippen LogP contribution in [0.5, 0.6) is 0 Å². The maximum atomic E-state index is 4.77. The summed E-state index contributed by atoms with van der Waals surface area (Å²) in [5.41, 5.74) is 1.48. The van der Waals surface area contributed by atoms with Gasteiger partial charge in [-0.15, -0.1) is 0 Å². The first-order valence-corrected chi connectivity index (χ1v) is 8.84. The van der Waals surface area contributed by atoms with E-state index in [1.54, 1.807) is 0 Å². The predicted octanol–water partition coefficient (Wildman–Crippen LogP) is 4.01. The van der Waals surface area contributed by atoms with Crippen molar-refractivity contribution < 1.29 is 0 Å². The minimum atomic E-state index is 0.587. The second-order valence-electron chi connectivity index (χ2n) is 6.51. The molecule has 21 heavy (non-hydrogen) atoms. The van der Waals surface area contributed by atoms with Crippen LogP contribution in [0.2, 0.25) is 0 Å². The minimum absolute atomic E-state index is 0.587. The molecular weight excluding hydrogens is 258 g/mol. The molecule has 0 aliphatic carbocycles. The number of anilines is 1. The van der Waals surface area contributed by atoms with E-state index < -0.39 is 0 Å². The van der Waals surface area contributed by atoms with Crippen molar-refractivity contribution in [1.29, 1.82) is 0 Å². The van der Waals surface area contributed by atoms with Gasteiger partial charge < -0.3 is 4.90 Å². The summed E-state index contributed by atoms with van der Waals surface area (Å²) in [6, 6.07) is 5.04. The highest BCUT2D eigenvalue weighted by atomic mass is 15.2. The number of likely N-dealkylation sites (tertiary alicyclic amines) is 1. The van der Waals surface area contributed by atoms with Gasteiger partial charge in [0.25, 0.3) is 0 Å². The lowest BCUT2D eigenvalue weighted by molar-refractivity contribution is 0.149. The fourth-order valence-corrected chi connectivity index (χ4v) is 3.94. The topological polar surface area (TPSA) is 19.4 Å². The number of pyridine rings is 1. The maximum Gasteiger partial charge on any atom is 0.133 e. The Morgan fingerprint density at radius 3 is 2.71 bits per heavy atom. The van der Waals surface area contributed by atoms with Gasteiger partial charge in [0, 0.05) is 30.9 Å². The normalized spacial score (nSPS) is 24.2. The fourth-order valence-electron chi connectivity index (χ4n) is 3.94. The van der Waals surface area contributed by atoms with Crippen LogP contribution in [0.3, 0.4) is 0 Å². The van der Waals surface area contributed by atoms with Gasteiger partial charge in [-0.1, -0.05) is 19.4 Å². The first-order valence-electron chi connectivity index (χ1n) is 8.84. The molecule has 116 valence electrons. The zero-order valence-electron chi connectivity index (χ0n) is 13.4. The molecule has 0 bridgehead atoms. The Labute approximate surface area is 129 Å². The van der Waals surface area contributed by atoms with Crippen LogP contribution in [0.1, 0.15) is 63.5 Å². The molecule has 1 atom stereocenters. The molecule has 0 aromatic carbocycles. The molecule has 2 aliphatic rings. The van der Waals surface area contributed by atoms with E-state index in [0.29, 0.717) is 6.04 Å². The van der Waals surface area contributed by atoms with Crippen LogP contribution in [0, 0.1) is 0 Å². The van der Waals surface area contributed by atoms with Crippen molar-refractivity contribution in [2.45, 2.75) is 57.9 Å². The molecule has 2 saturated heterocycles. The van der Waals surface area contributed by atoms with Gasteiger partial charge in [-0.2, -0.15) is 0 Å². The Hall–Kier alpha value is -1.09. The molecule has 3 heterocycles. The molecule has 2 fully saturated rings. The summed E-state index contributed by atoms with van der Waals surface area (Å²) in [5, 5.41) is 0. The summed E-state index contributed by atoms with van der Waals surface area (Å²) in [4.78, 5) is 9.99. The van der Waals surface area contributed by atoms with Crippen LogP contribution in [0.15, 0.2) is 18.3 Å². The minimum Gasteiger partial charge on any atom is -0.356 e. The first kappa shape index (κ1) is 14.8. The van der Waals surface area contributed by atoms with Gasteiger partial charge in [0.05, 0.1) is 0 Å². The van der Waals surface area contributed by atoms with Gasteiger partial charge >= 0.3 is 0 Å². The number of rotatable bonds is 4. The van der Waals surface area contributed by atoms with Crippen molar-refractivity contribution >= 4 is 5.82 Å². The van der Waals surface area contributed by atoms with Gasteiger partial charge in [0.1, 0.15) is 5.82 Å². The maximum absolute atomic E-state index is 4.77. The number of hydrogen-bond acceptors (Lipinski definition) is 3. The highest BCUT2D eigenvalue weighted by Gasteiger charge is 2.27. The molecule has 0 N–H and O–H groups in total. The van der Waals surface area contributed by atoms with Crippen LogP contribution in [0.4, 0.5) is 5.82 Å². The Kier molecular flexibility index (Phi) is 5.13. The highest BCUT2D eigenvalue weighted by molar-refractivity contribution is 5.49. The fraction of sp³-hybridized carbons (Fsp3) is 0.722. The Morgan fingerprint density at radius 1 is 1.10 bits per heavy atom. The molecule has 2 aliphatic heterocycles. The molecule has 0 radical (unpaired) electrons. The van der Waals surface area contributed by atoms with E-state index in [1.807, 2.05) is 6.20 Å². The standard InChI is InChI=1S/C18H29N3/c1-2-12-20-13-7-4-10-17(20)16-9-8-11-19-18(16)21-14-5-3-6-15-21/h8-9,11,17H,2-7,10,12-15H2,1H3. The largest absolute Gasteiger partial charge is 0.356 e. The highest BCUT2D eigenvalue weighted by Crippen LogP contribution is 2.36. The van der Waals surface area contributed by atoms with Gasteiger partial charge in [0.15, 0.2) is 0 Å². The van der Waals surface area contributed by atoms with Crippen molar-refractivity contribution in [2.24, 2.45) is 0 Å². The van der Waals surface area contributed by atoms with Gasteiger partial charge in [0.2, 0.25) is 0 Å². The molecule has 1 aromatic rings. The Balaban J connectivity index is 1.85.